The number of nitrogens with one attached hydrogen (secondary N) is 1. The molecule has 0 spiro atoms. The fourth-order valence-electron chi connectivity index (χ4n) is 1.55. The van der Waals surface area contributed by atoms with Crippen molar-refractivity contribution >= 4 is 27.6 Å². The molecule has 2 rings (SSSR count). The van der Waals surface area contributed by atoms with Crippen molar-refractivity contribution < 1.29 is 9.90 Å². The van der Waals surface area contributed by atoms with Crippen molar-refractivity contribution in [2.75, 3.05) is 5.32 Å². The lowest BCUT2D eigenvalue weighted by atomic mass is 10.2. The summed E-state index contributed by atoms with van der Waals surface area (Å²) in [6.45, 7) is 0.638. The second kappa shape index (κ2) is 5.22. The van der Waals surface area contributed by atoms with E-state index in [0.717, 1.165) is 15.7 Å². The van der Waals surface area contributed by atoms with Crippen LogP contribution in [0.4, 0.5) is 5.69 Å². The normalized spacial score (nSPS) is 10.3. The quantitative estimate of drug-likeness (QED) is 0.910. The van der Waals surface area contributed by atoms with E-state index in [9.17, 15) is 4.79 Å². The standard InChI is InChI=1S/C12H12BrN3O2/c1-16-7-8(6-15-16)5-14-11-3-2-9(12(17)18)4-10(11)13/h2-4,6-7,14H,5H2,1H3,(H,17,18). The maximum atomic E-state index is 10.8. The van der Waals surface area contributed by atoms with Gasteiger partial charge in [0.05, 0.1) is 11.8 Å². The average Bonchev–Trinajstić information content (AvgIpc) is 2.73. The predicted octanol–water partition coefficient (Wildman–Crippen LogP) is 2.49. The van der Waals surface area contributed by atoms with Gasteiger partial charge in [-0.05, 0) is 34.1 Å². The van der Waals surface area contributed by atoms with Gasteiger partial charge in [-0.1, -0.05) is 0 Å². The second-order valence-electron chi connectivity index (χ2n) is 3.88. The van der Waals surface area contributed by atoms with Crippen LogP contribution in [0, 0.1) is 0 Å². The van der Waals surface area contributed by atoms with Crippen LogP contribution in [0.3, 0.4) is 0 Å². The lowest BCUT2D eigenvalue weighted by Gasteiger charge is -2.08. The average molecular weight is 310 g/mol. The summed E-state index contributed by atoms with van der Waals surface area (Å²) < 4.78 is 2.46. The predicted molar refractivity (Wildman–Crippen MR) is 71.6 cm³/mol. The summed E-state index contributed by atoms with van der Waals surface area (Å²) in [6, 6.07) is 4.89. The lowest BCUT2D eigenvalue weighted by molar-refractivity contribution is 0.0697. The van der Waals surface area contributed by atoms with Gasteiger partial charge < -0.3 is 10.4 Å². The van der Waals surface area contributed by atoms with Crippen molar-refractivity contribution in [2.45, 2.75) is 6.54 Å². The molecule has 0 aliphatic heterocycles. The van der Waals surface area contributed by atoms with Crippen LogP contribution in [0.1, 0.15) is 15.9 Å². The van der Waals surface area contributed by atoms with Crippen molar-refractivity contribution in [3.05, 3.63) is 46.2 Å². The van der Waals surface area contributed by atoms with Crippen LogP contribution < -0.4 is 5.32 Å². The lowest BCUT2D eigenvalue weighted by Crippen LogP contribution is -2.01. The third-order valence-electron chi connectivity index (χ3n) is 2.46. The molecule has 0 saturated carbocycles. The number of hydrogen-bond acceptors (Lipinski definition) is 3. The maximum absolute atomic E-state index is 10.8. The molecule has 1 aromatic carbocycles. The van der Waals surface area contributed by atoms with Gasteiger partial charge in [0.25, 0.3) is 0 Å². The van der Waals surface area contributed by atoms with Crippen LogP contribution in [0.2, 0.25) is 0 Å². The number of carboxylic acid groups (broad SMARTS) is 1. The van der Waals surface area contributed by atoms with E-state index < -0.39 is 5.97 Å². The number of benzene rings is 1. The summed E-state index contributed by atoms with van der Waals surface area (Å²) in [7, 11) is 1.86. The third kappa shape index (κ3) is 2.89. The van der Waals surface area contributed by atoms with Crippen molar-refractivity contribution in [3.8, 4) is 0 Å². The maximum Gasteiger partial charge on any atom is 0.335 e. The molecule has 0 saturated heterocycles. The van der Waals surface area contributed by atoms with E-state index in [4.69, 9.17) is 5.11 Å². The Kier molecular flexibility index (Phi) is 3.66. The van der Waals surface area contributed by atoms with E-state index in [1.54, 1.807) is 29.1 Å². The number of halogens is 1. The molecule has 0 bridgehead atoms. The fourth-order valence-corrected chi connectivity index (χ4v) is 2.07. The number of aryl methyl sites for hydroxylation is 1. The van der Waals surface area contributed by atoms with E-state index >= 15 is 0 Å². The minimum Gasteiger partial charge on any atom is -0.478 e. The van der Waals surface area contributed by atoms with Gasteiger partial charge in [-0.3, -0.25) is 4.68 Å². The fraction of sp³-hybridized carbons (Fsp3) is 0.167. The van der Waals surface area contributed by atoms with E-state index in [1.165, 1.54) is 0 Å². The number of rotatable bonds is 4. The van der Waals surface area contributed by atoms with Gasteiger partial charge in [0, 0.05) is 35.5 Å². The van der Waals surface area contributed by atoms with Crippen LogP contribution in [0.5, 0.6) is 0 Å². The highest BCUT2D eigenvalue weighted by Gasteiger charge is 2.06. The van der Waals surface area contributed by atoms with Crippen LogP contribution in [-0.4, -0.2) is 20.9 Å². The third-order valence-corrected chi connectivity index (χ3v) is 3.11. The molecule has 94 valence electrons. The summed E-state index contributed by atoms with van der Waals surface area (Å²) in [5.74, 6) is -0.936. The molecule has 0 aliphatic rings. The Morgan fingerprint density at radius 2 is 2.33 bits per heavy atom. The highest BCUT2D eigenvalue weighted by Crippen LogP contribution is 2.24. The Morgan fingerprint density at radius 3 is 2.89 bits per heavy atom. The highest BCUT2D eigenvalue weighted by molar-refractivity contribution is 9.10. The van der Waals surface area contributed by atoms with Gasteiger partial charge in [0.1, 0.15) is 0 Å². The highest BCUT2D eigenvalue weighted by atomic mass is 79.9. The van der Waals surface area contributed by atoms with Crippen molar-refractivity contribution in [1.82, 2.24) is 9.78 Å². The molecule has 0 aliphatic carbocycles. The molecular weight excluding hydrogens is 298 g/mol. The summed E-state index contributed by atoms with van der Waals surface area (Å²) in [4.78, 5) is 10.8. The minimum absolute atomic E-state index is 0.258. The van der Waals surface area contributed by atoms with Gasteiger partial charge in [-0.25, -0.2) is 4.79 Å². The van der Waals surface area contributed by atoms with Gasteiger partial charge in [0.2, 0.25) is 0 Å². The van der Waals surface area contributed by atoms with E-state index in [2.05, 4.69) is 26.3 Å². The number of anilines is 1. The molecule has 1 aromatic heterocycles. The molecule has 5 nitrogen and oxygen atoms in total. The summed E-state index contributed by atoms with van der Waals surface area (Å²) >= 11 is 3.35. The Hall–Kier alpha value is -1.82. The Balaban J connectivity index is 2.08. The zero-order valence-corrected chi connectivity index (χ0v) is 11.3. The Bertz CT molecular complexity index is 580. The van der Waals surface area contributed by atoms with Gasteiger partial charge in [0.15, 0.2) is 0 Å². The largest absolute Gasteiger partial charge is 0.478 e. The summed E-state index contributed by atoms with van der Waals surface area (Å²) in [6.07, 6.45) is 3.71. The molecule has 0 unspecified atom stereocenters. The second-order valence-corrected chi connectivity index (χ2v) is 4.73. The monoisotopic (exact) mass is 309 g/mol. The molecular formula is C12H12BrN3O2. The van der Waals surface area contributed by atoms with Gasteiger partial charge in [-0.2, -0.15) is 5.10 Å². The zero-order chi connectivity index (χ0) is 13.1. The molecule has 2 aromatic rings. The molecule has 1 heterocycles. The van der Waals surface area contributed by atoms with Crippen molar-refractivity contribution in [3.63, 3.8) is 0 Å². The minimum atomic E-state index is -0.936. The van der Waals surface area contributed by atoms with Crippen LogP contribution in [0.25, 0.3) is 0 Å². The van der Waals surface area contributed by atoms with E-state index in [0.29, 0.717) is 6.54 Å². The molecule has 2 N–H and O–H groups in total. The molecule has 0 radical (unpaired) electrons. The van der Waals surface area contributed by atoms with Crippen LogP contribution in [0.15, 0.2) is 35.1 Å². The summed E-state index contributed by atoms with van der Waals surface area (Å²) in [5, 5.41) is 16.1. The molecule has 6 heteroatoms. The summed E-state index contributed by atoms with van der Waals surface area (Å²) in [5.41, 5.74) is 2.17. The number of hydrogen-bond donors (Lipinski definition) is 2. The van der Waals surface area contributed by atoms with E-state index in [-0.39, 0.29) is 5.56 Å². The van der Waals surface area contributed by atoms with Crippen molar-refractivity contribution in [2.24, 2.45) is 7.05 Å². The van der Waals surface area contributed by atoms with Crippen LogP contribution in [-0.2, 0) is 13.6 Å². The molecule has 0 amide bonds. The number of carbonyl (C=O) groups is 1. The SMILES string of the molecule is Cn1cc(CNc2ccc(C(=O)O)cc2Br)cn1. The number of aromatic carboxylic acids is 1. The first-order chi connectivity index (χ1) is 8.56. The number of nitrogens with zero attached hydrogens (tertiary/aromatic N) is 2. The van der Waals surface area contributed by atoms with Crippen LogP contribution >= 0.6 is 15.9 Å². The zero-order valence-electron chi connectivity index (χ0n) is 9.72. The first-order valence-corrected chi connectivity index (χ1v) is 6.10. The molecule has 18 heavy (non-hydrogen) atoms. The topological polar surface area (TPSA) is 67.2 Å². The van der Waals surface area contributed by atoms with Crippen molar-refractivity contribution in [1.29, 1.82) is 0 Å². The molecule has 0 fully saturated rings. The van der Waals surface area contributed by atoms with Gasteiger partial charge >= 0.3 is 5.97 Å². The Morgan fingerprint density at radius 1 is 1.56 bits per heavy atom. The first-order valence-electron chi connectivity index (χ1n) is 5.30. The first kappa shape index (κ1) is 12.6. The molecule has 0 atom stereocenters. The van der Waals surface area contributed by atoms with E-state index in [1.807, 2.05) is 13.2 Å². The number of carboxylic acids is 1. The smallest absolute Gasteiger partial charge is 0.335 e. The Labute approximate surface area is 113 Å². The number of aromatic nitrogens is 2. The van der Waals surface area contributed by atoms with Gasteiger partial charge in [-0.15, -0.1) is 0 Å².